The minimum Gasteiger partial charge on any atom is -0.490 e. The molecule has 8 heteroatoms. The summed E-state index contributed by atoms with van der Waals surface area (Å²) in [5, 5.41) is 7.36. The largest absolute Gasteiger partial charge is 0.490 e. The number of nitrogens with one attached hydrogen (secondary N) is 2. The maximum atomic E-state index is 12.7. The molecule has 0 aromatic heterocycles. The number of hydrogen-bond donors (Lipinski definition) is 2. The second-order valence-electron chi connectivity index (χ2n) is 8.35. The zero-order valence-corrected chi connectivity index (χ0v) is 21.3. The van der Waals surface area contributed by atoms with Crippen molar-refractivity contribution in [2.45, 2.75) is 33.4 Å². The Morgan fingerprint density at radius 1 is 0.972 bits per heavy atom. The van der Waals surface area contributed by atoms with Crippen molar-refractivity contribution < 1.29 is 19.1 Å². The van der Waals surface area contributed by atoms with E-state index in [0.29, 0.717) is 35.3 Å². The third kappa shape index (κ3) is 7.85. The van der Waals surface area contributed by atoms with E-state index in [1.54, 1.807) is 36.4 Å². The van der Waals surface area contributed by atoms with E-state index in [2.05, 4.69) is 15.8 Å². The Hall–Kier alpha value is -3.84. The molecule has 2 N–H and O–H groups in total. The molecule has 1 unspecified atom stereocenters. The highest BCUT2D eigenvalue weighted by Crippen LogP contribution is 2.29. The summed E-state index contributed by atoms with van der Waals surface area (Å²) in [5.41, 5.74) is 4.70. The second kappa shape index (κ2) is 13.3. The number of amides is 2. The lowest BCUT2D eigenvalue weighted by Gasteiger charge is -2.20. The summed E-state index contributed by atoms with van der Waals surface area (Å²) in [6.45, 7) is 6.48. The van der Waals surface area contributed by atoms with Gasteiger partial charge in [0.15, 0.2) is 11.5 Å². The number of hydrazone groups is 1. The number of rotatable bonds is 11. The Balaban J connectivity index is 1.62. The fourth-order valence-electron chi connectivity index (χ4n) is 3.33. The van der Waals surface area contributed by atoms with E-state index in [1.807, 2.05) is 57.2 Å². The van der Waals surface area contributed by atoms with Crippen molar-refractivity contribution in [3.05, 3.63) is 94.5 Å². The molecule has 0 heterocycles. The van der Waals surface area contributed by atoms with Gasteiger partial charge in [0.25, 0.3) is 11.8 Å². The van der Waals surface area contributed by atoms with Crippen LogP contribution >= 0.6 is 11.6 Å². The van der Waals surface area contributed by atoms with Crippen molar-refractivity contribution in [1.29, 1.82) is 0 Å². The first-order valence-corrected chi connectivity index (χ1v) is 12.1. The van der Waals surface area contributed by atoms with Crippen LogP contribution in [0.25, 0.3) is 0 Å². The van der Waals surface area contributed by atoms with Gasteiger partial charge in [0.2, 0.25) is 0 Å². The molecule has 0 saturated carbocycles. The van der Waals surface area contributed by atoms with E-state index < -0.39 is 11.9 Å². The molecule has 0 bridgehead atoms. The topological polar surface area (TPSA) is 89.0 Å². The van der Waals surface area contributed by atoms with Crippen molar-refractivity contribution in [3.8, 4) is 11.5 Å². The predicted molar refractivity (Wildman–Crippen MR) is 142 cm³/mol. The minimum atomic E-state index is -0.766. The average molecular weight is 508 g/mol. The van der Waals surface area contributed by atoms with Crippen LogP contribution in [0.1, 0.15) is 42.3 Å². The first-order chi connectivity index (χ1) is 17.4. The molecule has 3 aromatic rings. The van der Waals surface area contributed by atoms with Gasteiger partial charge in [-0.3, -0.25) is 9.59 Å². The van der Waals surface area contributed by atoms with Crippen LogP contribution in [0.5, 0.6) is 11.5 Å². The lowest BCUT2D eigenvalue weighted by molar-refractivity contribution is -0.123. The summed E-state index contributed by atoms with van der Waals surface area (Å²) in [6, 6.07) is 21.0. The maximum absolute atomic E-state index is 12.7. The highest BCUT2D eigenvalue weighted by Gasteiger charge is 2.24. The molecule has 0 fully saturated rings. The van der Waals surface area contributed by atoms with Crippen molar-refractivity contribution in [2.24, 2.45) is 11.0 Å². The van der Waals surface area contributed by atoms with Gasteiger partial charge in [-0.2, -0.15) is 5.10 Å². The molecule has 0 spiro atoms. The lowest BCUT2D eigenvalue weighted by atomic mass is 10.0. The maximum Gasteiger partial charge on any atom is 0.262 e. The number of carbonyl (C=O) groups excluding carboxylic acids is 2. The average Bonchev–Trinajstić information content (AvgIpc) is 2.87. The quantitative estimate of drug-likeness (QED) is 0.275. The summed E-state index contributed by atoms with van der Waals surface area (Å²) in [6.07, 6.45) is 1.51. The molecule has 36 heavy (non-hydrogen) atoms. The van der Waals surface area contributed by atoms with Crippen LogP contribution < -0.4 is 20.2 Å². The summed E-state index contributed by atoms with van der Waals surface area (Å²) in [4.78, 5) is 25.3. The standard InChI is InChI=1S/C28H30ClN3O4/c1-4-35-25-16-21(10-15-24(25)36-18-20-8-6-5-7-9-20)17-30-32-28(34)26(19(2)3)31-27(33)22-11-13-23(29)14-12-22/h5-17,19,26H,4,18H2,1-3H3,(H,31,33)(H,32,34)/b30-17-. The molecule has 0 saturated heterocycles. The van der Waals surface area contributed by atoms with Crippen molar-refractivity contribution in [2.75, 3.05) is 6.61 Å². The SMILES string of the molecule is CCOc1cc(/C=N\NC(=O)C(NC(=O)c2ccc(Cl)cc2)C(C)C)ccc1OCc1ccccc1. The van der Waals surface area contributed by atoms with Crippen LogP contribution in [0, 0.1) is 5.92 Å². The van der Waals surface area contributed by atoms with Crippen LogP contribution in [-0.4, -0.2) is 30.7 Å². The Morgan fingerprint density at radius 2 is 1.69 bits per heavy atom. The minimum absolute atomic E-state index is 0.151. The van der Waals surface area contributed by atoms with Crippen LogP contribution in [0.4, 0.5) is 0 Å². The highest BCUT2D eigenvalue weighted by atomic mass is 35.5. The molecule has 3 rings (SSSR count). The highest BCUT2D eigenvalue weighted by molar-refractivity contribution is 6.30. The number of hydrogen-bond acceptors (Lipinski definition) is 5. The van der Waals surface area contributed by atoms with E-state index in [1.165, 1.54) is 6.21 Å². The molecular formula is C28H30ClN3O4. The van der Waals surface area contributed by atoms with Gasteiger partial charge < -0.3 is 14.8 Å². The van der Waals surface area contributed by atoms with Gasteiger partial charge in [-0.1, -0.05) is 55.8 Å². The van der Waals surface area contributed by atoms with Gasteiger partial charge in [-0.25, -0.2) is 5.43 Å². The van der Waals surface area contributed by atoms with E-state index in [-0.39, 0.29) is 11.8 Å². The molecule has 1 atom stereocenters. The molecule has 0 radical (unpaired) electrons. The van der Waals surface area contributed by atoms with Crippen molar-refractivity contribution >= 4 is 29.6 Å². The van der Waals surface area contributed by atoms with Crippen molar-refractivity contribution in [3.63, 3.8) is 0 Å². The van der Waals surface area contributed by atoms with E-state index in [0.717, 1.165) is 11.1 Å². The van der Waals surface area contributed by atoms with E-state index >= 15 is 0 Å². The van der Waals surface area contributed by atoms with Crippen molar-refractivity contribution in [1.82, 2.24) is 10.7 Å². The fourth-order valence-corrected chi connectivity index (χ4v) is 3.45. The van der Waals surface area contributed by atoms with Gasteiger partial charge in [0, 0.05) is 10.6 Å². The van der Waals surface area contributed by atoms with E-state index in [9.17, 15) is 9.59 Å². The second-order valence-corrected chi connectivity index (χ2v) is 8.79. The first-order valence-electron chi connectivity index (χ1n) is 11.7. The first kappa shape index (κ1) is 26.8. The van der Waals surface area contributed by atoms with Crippen LogP contribution in [0.2, 0.25) is 5.02 Å². The van der Waals surface area contributed by atoms with Gasteiger partial charge in [0.1, 0.15) is 12.6 Å². The fraction of sp³-hybridized carbons (Fsp3) is 0.250. The third-order valence-corrected chi connectivity index (χ3v) is 5.49. The molecule has 188 valence electrons. The predicted octanol–water partition coefficient (Wildman–Crippen LogP) is 5.22. The third-order valence-electron chi connectivity index (χ3n) is 5.24. The van der Waals surface area contributed by atoms with E-state index in [4.69, 9.17) is 21.1 Å². The number of benzene rings is 3. The lowest BCUT2D eigenvalue weighted by Crippen LogP contribution is -2.48. The molecule has 0 aliphatic rings. The Morgan fingerprint density at radius 3 is 2.36 bits per heavy atom. The zero-order valence-electron chi connectivity index (χ0n) is 20.5. The normalized spacial score (nSPS) is 11.8. The number of nitrogens with zero attached hydrogens (tertiary/aromatic N) is 1. The Labute approximate surface area is 216 Å². The van der Waals surface area contributed by atoms with Crippen LogP contribution in [0.15, 0.2) is 77.9 Å². The number of carbonyl (C=O) groups is 2. The number of halogens is 1. The Kier molecular flexibility index (Phi) is 9.89. The molecule has 3 aromatic carbocycles. The van der Waals surface area contributed by atoms with Crippen LogP contribution in [-0.2, 0) is 11.4 Å². The Bertz CT molecular complexity index is 1180. The van der Waals surface area contributed by atoms with Gasteiger partial charge in [-0.15, -0.1) is 0 Å². The smallest absolute Gasteiger partial charge is 0.262 e. The monoisotopic (exact) mass is 507 g/mol. The zero-order chi connectivity index (χ0) is 25.9. The van der Waals surface area contributed by atoms with Crippen LogP contribution in [0.3, 0.4) is 0 Å². The molecular weight excluding hydrogens is 478 g/mol. The van der Waals surface area contributed by atoms with Gasteiger partial charge >= 0.3 is 0 Å². The summed E-state index contributed by atoms with van der Waals surface area (Å²) in [5.74, 6) is 0.265. The van der Waals surface area contributed by atoms with Gasteiger partial charge in [-0.05, 0) is 66.4 Å². The van der Waals surface area contributed by atoms with Gasteiger partial charge in [0.05, 0.1) is 12.8 Å². The molecule has 0 aliphatic heterocycles. The number of ether oxygens (including phenoxy) is 2. The summed E-state index contributed by atoms with van der Waals surface area (Å²) < 4.78 is 11.7. The summed E-state index contributed by atoms with van der Waals surface area (Å²) >= 11 is 5.88. The summed E-state index contributed by atoms with van der Waals surface area (Å²) in [7, 11) is 0. The molecule has 0 aliphatic carbocycles. The molecule has 2 amide bonds. The molecule has 7 nitrogen and oxygen atoms in total.